The second-order valence-electron chi connectivity index (χ2n) is 6.49. The lowest BCUT2D eigenvalue weighted by Gasteiger charge is -2.15. The zero-order valence-corrected chi connectivity index (χ0v) is 16.2. The fourth-order valence-corrected chi connectivity index (χ4v) is 4.24. The molecule has 0 aliphatic heterocycles. The van der Waals surface area contributed by atoms with Gasteiger partial charge in [0, 0.05) is 24.8 Å². The second-order valence-corrected chi connectivity index (χ2v) is 8.17. The molecule has 2 N–H and O–H groups in total. The van der Waals surface area contributed by atoms with Crippen LogP contribution in [-0.2, 0) is 21.4 Å². The Labute approximate surface area is 163 Å². The molecule has 28 heavy (non-hydrogen) atoms. The van der Waals surface area contributed by atoms with Crippen LogP contribution in [0.25, 0.3) is 10.9 Å². The summed E-state index contributed by atoms with van der Waals surface area (Å²) >= 11 is 0. The number of hydrogen-bond acceptors (Lipinski definition) is 3. The number of para-hydroxylation sites is 1. The number of nitrogens with zero attached hydrogens (tertiary/aromatic N) is 1. The van der Waals surface area contributed by atoms with Gasteiger partial charge in [0.2, 0.25) is 15.9 Å². The number of carbonyl (C=O) groups is 1. The average molecular weight is 403 g/mol. The molecular weight excluding hydrogens is 381 g/mol. The summed E-state index contributed by atoms with van der Waals surface area (Å²) in [4.78, 5) is 11.7. The number of fused-ring (bicyclic) bond motifs is 1. The Kier molecular flexibility index (Phi) is 6.11. The molecule has 0 unspecified atom stereocenters. The van der Waals surface area contributed by atoms with E-state index in [9.17, 15) is 17.6 Å². The Balaban J connectivity index is 1.50. The Morgan fingerprint density at radius 2 is 1.82 bits per heavy atom. The molecule has 3 rings (SSSR count). The van der Waals surface area contributed by atoms with Crippen molar-refractivity contribution in [1.29, 1.82) is 0 Å². The minimum atomic E-state index is -4.12. The van der Waals surface area contributed by atoms with Crippen molar-refractivity contribution in [3.63, 3.8) is 0 Å². The van der Waals surface area contributed by atoms with Crippen LogP contribution in [0.2, 0.25) is 0 Å². The normalized spacial score (nSPS) is 12.8. The van der Waals surface area contributed by atoms with E-state index in [4.69, 9.17) is 0 Å². The van der Waals surface area contributed by atoms with Gasteiger partial charge >= 0.3 is 0 Å². The number of rotatable bonds is 8. The van der Waals surface area contributed by atoms with E-state index >= 15 is 0 Å². The summed E-state index contributed by atoms with van der Waals surface area (Å²) in [6, 6.07) is 14.1. The summed E-state index contributed by atoms with van der Waals surface area (Å²) in [6.45, 7) is 2.55. The maximum Gasteiger partial charge on any atom is 0.244 e. The summed E-state index contributed by atoms with van der Waals surface area (Å²) < 4.78 is 42.5. The van der Waals surface area contributed by atoms with Gasteiger partial charge in [0.25, 0.3) is 0 Å². The Hall–Kier alpha value is -2.71. The summed E-state index contributed by atoms with van der Waals surface area (Å²) in [5.41, 5.74) is 1.12. The molecule has 0 radical (unpaired) electrons. The van der Waals surface area contributed by atoms with Crippen LogP contribution < -0.4 is 10.0 Å². The Morgan fingerprint density at radius 1 is 1.11 bits per heavy atom. The quantitative estimate of drug-likeness (QED) is 0.568. The first-order chi connectivity index (χ1) is 13.4. The maximum absolute atomic E-state index is 13.7. The summed E-state index contributed by atoms with van der Waals surface area (Å²) in [7, 11) is -4.12. The third-order valence-corrected chi connectivity index (χ3v) is 5.98. The monoisotopic (exact) mass is 403 g/mol. The number of halogens is 1. The second kappa shape index (κ2) is 8.53. The minimum absolute atomic E-state index is 0.400. The highest BCUT2D eigenvalue weighted by Gasteiger charge is 2.24. The topological polar surface area (TPSA) is 80.2 Å². The summed E-state index contributed by atoms with van der Waals surface area (Å²) in [5, 5.41) is 3.86. The van der Waals surface area contributed by atoms with Gasteiger partial charge in [-0.05, 0) is 43.0 Å². The van der Waals surface area contributed by atoms with Crippen LogP contribution in [0.4, 0.5) is 4.39 Å². The van der Waals surface area contributed by atoms with E-state index in [2.05, 4.69) is 14.6 Å². The number of sulfonamides is 1. The first-order valence-corrected chi connectivity index (χ1v) is 10.5. The molecule has 0 saturated carbocycles. The first kappa shape index (κ1) is 20.0. The molecule has 1 aromatic heterocycles. The highest BCUT2D eigenvalue weighted by molar-refractivity contribution is 7.89. The number of aromatic nitrogens is 1. The van der Waals surface area contributed by atoms with Crippen LogP contribution in [0, 0.1) is 5.82 Å². The van der Waals surface area contributed by atoms with E-state index in [1.165, 1.54) is 19.1 Å². The van der Waals surface area contributed by atoms with Gasteiger partial charge in [-0.15, -0.1) is 0 Å². The minimum Gasteiger partial charge on any atom is -0.355 e. The Morgan fingerprint density at radius 3 is 2.61 bits per heavy atom. The van der Waals surface area contributed by atoms with E-state index in [0.29, 0.717) is 13.0 Å². The van der Waals surface area contributed by atoms with Crippen molar-refractivity contribution >= 4 is 26.8 Å². The molecule has 0 fully saturated rings. The molecule has 148 valence electrons. The molecule has 3 aromatic rings. The number of nitrogens with one attached hydrogen (secondary N) is 2. The molecule has 8 heteroatoms. The van der Waals surface area contributed by atoms with Gasteiger partial charge in [-0.3, -0.25) is 4.79 Å². The van der Waals surface area contributed by atoms with Crippen molar-refractivity contribution < 1.29 is 17.6 Å². The maximum atomic E-state index is 13.7. The first-order valence-electron chi connectivity index (χ1n) is 8.97. The third-order valence-electron chi connectivity index (χ3n) is 4.41. The van der Waals surface area contributed by atoms with Crippen molar-refractivity contribution in [2.75, 3.05) is 6.54 Å². The molecule has 0 saturated heterocycles. The average Bonchev–Trinajstić information content (AvgIpc) is 3.08. The predicted octanol–water partition coefficient (Wildman–Crippen LogP) is 2.65. The Bertz CT molecular complexity index is 1080. The lowest BCUT2D eigenvalue weighted by molar-refractivity contribution is -0.122. The molecular formula is C20H22FN3O3S. The highest BCUT2D eigenvalue weighted by atomic mass is 32.2. The van der Waals surface area contributed by atoms with Gasteiger partial charge in [-0.1, -0.05) is 30.3 Å². The van der Waals surface area contributed by atoms with Gasteiger partial charge in [-0.25, -0.2) is 12.8 Å². The number of aryl methyl sites for hydroxylation is 1. The SMILES string of the molecule is C[C@H](NS(=O)(=O)c1ccccc1F)C(=O)NCCCn1ccc2ccccc21. The lowest BCUT2D eigenvalue weighted by atomic mass is 10.2. The zero-order valence-electron chi connectivity index (χ0n) is 15.4. The van der Waals surface area contributed by atoms with Crippen molar-refractivity contribution in [2.45, 2.75) is 30.8 Å². The van der Waals surface area contributed by atoms with Crippen molar-refractivity contribution in [3.05, 3.63) is 66.6 Å². The summed E-state index contributed by atoms with van der Waals surface area (Å²) in [6.07, 6.45) is 2.69. The van der Waals surface area contributed by atoms with Crippen LogP contribution >= 0.6 is 0 Å². The van der Waals surface area contributed by atoms with Gasteiger partial charge in [0.1, 0.15) is 10.7 Å². The van der Waals surface area contributed by atoms with E-state index < -0.39 is 32.7 Å². The molecule has 0 aliphatic carbocycles. The van der Waals surface area contributed by atoms with Crippen molar-refractivity contribution in [2.24, 2.45) is 0 Å². The number of benzene rings is 2. The molecule has 0 aliphatic rings. The molecule has 0 bridgehead atoms. The smallest absolute Gasteiger partial charge is 0.244 e. The van der Waals surface area contributed by atoms with Crippen LogP contribution in [0.15, 0.2) is 65.7 Å². The van der Waals surface area contributed by atoms with Gasteiger partial charge in [0.05, 0.1) is 6.04 Å². The third kappa shape index (κ3) is 4.58. The number of amides is 1. The fraction of sp³-hybridized carbons (Fsp3) is 0.250. The standard InChI is InChI=1S/C20H22FN3O3S/c1-15(23-28(26,27)19-10-5-3-8-17(19)21)20(25)22-12-6-13-24-14-11-16-7-2-4-9-18(16)24/h2-5,7-11,14-15,23H,6,12-13H2,1H3,(H,22,25)/t15-/m0/s1. The largest absolute Gasteiger partial charge is 0.355 e. The van der Waals surface area contributed by atoms with Crippen LogP contribution in [0.1, 0.15) is 13.3 Å². The fourth-order valence-electron chi connectivity index (χ4n) is 2.96. The van der Waals surface area contributed by atoms with Gasteiger partial charge in [-0.2, -0.15) is 4.72 Å². The molecule has 1 atom stereocenters. The van der Waals surface area contributed by atoms with Gasteiger partial charge in [0.15, 0.2) is 0 Å². The highest BCUT2D eigenvalue weighted by Crippen LogP contribution is 2.15. The number of hydrogen-bond donors (Lipinski definition) is 2. The number of carbonyl (C=O) groups excluding carboxylic acids is 1. The zero-order chi connectivity index (χ0) is 20.1. The molecule has 6 nitrogen and oxygen atoms in total. The molecule has 1 heterocycles. The van der Waals surface area contributed by atoms with Crippen LogP contribution in [0.5, 0.6) is 0 Å². The van der Waals surface area contributed by atoms with E-state index in [-0.39, 0.29) is 0 Å². The van der Waals surface area contributed by atoms with Gasteiger partial charge < -0.3 is 9.88 Å². The predicted molar refractivity (Wildman–Crippen MR) is 106 cm³/mol. The van der Waals surface area contributed by atoms with E-state index in [0.717, 1.165) is 29.6 Å². The van der Waals surface area contributed by atoms with E-state index in [1.807, 2.05) is 36.5 Å². The lowest BCUT2D eigenvalue weighted by Crippen LogP contribution is -2.45. The van der Waals surface area contributed by atoms with Crippen LogP contribution in [-0.4, -0.2) is 31.5 Å². The molecule has 0 spiro atoms. The molecule has 1 amide bonds. The molecule has 2 aromatic carbocycles. The van der Waals surface area contributed by atoms with Crippen LogP contribution in [0.3, 0.4) is 0 Å². The summed E-state index contributed by atoms with van der Waals surface area (Å²) in [5.74, 6) is -1.32. The van der Waals surface area contributed by atoms with E-state index in [1.54, 1.807) is 0 Å². The van der Waals surface area contributed by atoms with Crippen molar-refractivity contribution in [1.82, 2.24) is 14.6 Å². The van der Waals surface area contributed by atoms with Crippen molar-refractivity contribution in [3.8, 4) is 0 Å².